The Labute approximate surface area is 791 Å². The van der Waals surface area contributed by atoms with Gasteiger partial charge in [-0.05, 0) is 195 Å². The number of hydrogen-bond acceptors (Lipinski definition) is 23. The molecule has 0 radical (unpaired) electrons. The standard InChI is InChI=1S/C103H147N11O20/c1-9-46-104-90(118)40-50-126-54-58-130-63-65-133-61-57-129-53-49-114-84-26-11-10-12-27-86(95(84)111-112-114)134-70-92(120)105-47-18-17-24-82(108-91(119)41-51-127-55-59-131-62-64-132-60-56-128-52-48-106-89(117)38-39-93(121)113-69-77-23-14-13-21-73(77)28-29-76-22-15-16-25-83(76)113)97(123)109-94(71(2)3)85(116)66-72(4)96(122)107-78-34-30-74-32-36-87-100(5,80(74)67-78)42-19-44-102(87,7)98(124)110-99(125)103(8)45-20-43-101(6)81-68-79(115)35-31-75(81)33-37-88(101)103/h13-16,21-23,25,30-31,34-35,67-68,71-72,82,86-88,94,111-112,115H,9-12,17-20,24,26-27,32-33,36-66,69-70H2,1-8H3,(H,104,118)(H,105,120)(H,106,117)(H,107,122)(H,108,119)(H,109,123)(H,110,124,125)/t72-,82-,86?,87-,88-,94+,100-,101-,102+,103+/m1/s1. The van der Waals surface area contributed by atoms with Gasteiger partial charge in [-0.2, -0.15) is 0 Å². The summed E-state index contributed by atoms with van der Waals surface area (Å²) < 4.78 is 51.7. The van der Waals surface area contributed by atoms with Crippen LogP contribution < -0.4 is 53.1 Å². The van der Waals surface area contributed by atoms with Crippen LogP contribution in [-0.4, -0.2) is 226 Å². The molecule has 4 aromatic carbocycles. The minimum atomic E-state index is -1.08. The average molecular weight is 1860 g/mol. The Morgan fingerprint density at radius 3 is 1.72 bits per heavy atom. The second kappa shape index (κ2) is 52.6. The SMILES string of the molecule is CCCNC(=O)CCOCCOCCOCCOCCN1NNC2=C1CCCCCC2OCC(=O)NCCCC[C@@H](NC(=O)CCOCCOCCOCCOCCNC(=O)CCC(=O)N1Cc2ccccc2C#Cc2ccccc21)C(=O)N[C@H](C(=O)C[C@@H](C)C(=O)Nc1ccc2c(c1)[C@@]1(C)CCC[C@](C)(C(=O)NC(=O)[C@@]3(C)CCC[C@]4(C)c5cc(O)ccc5CC[C@@H]34)[C@@H]1CC2)C(C)C. The van der Waals surface area contributed by atoms with Crippen molar-refractivity contribution in [1.82, 2.24) is 47.9 Å². The monoisotopic (exact) mass is 1860 g/mol. The molecule has 5 aliphatic carbocycles. The van der Waals surface area contributed by atoms with Crippen LogP contribution in [0.2, 0.25) is 0 Å². The van der Waals surface area contributed by atoms with Gasteiger partial charge in [-0.1, -0.05) is 135 Å². The van der Waals surface area contributed by atoms with Gasteiger partial charge in [0, 0.05) is 74.5 Å². The highest BCUT2D eigenvalue weighted by Crippen LogP contribution is 2.60. The zero-order valence-electron chi connectivity index (χ0n) is 80.2. The molecule has 10 N–H and O–H groups in total. The Bertz CT molecular complexity index is 4710. The van der Waals surface area contributed by atoms with E-state index < -0.39 is 52.0 Å². The number of benzene rings is 4. The van der Waals surface area contributed by atoms with Crippen molar-refractivity contribution in [2.75, 3.05) is 149 Å². The van der Waals surface area contributed by atoms with Crippen LogP contribution in [0, 0.1) is 46.3 Å². The van der Waals surface area contributed by atoms with Crippen LogP contribution in [0.4, 0.5) is 11.4 Å². The molecule has 4 aromatic rings. The summed E-state index contributed by atoms with van der Waals surface area (Å²) in [6.07, 6.45) is 13.7. The zero-order chi connectivity index (χ0) is 95.5. The molecule has 0 aromatic heterocycles. The molecule has 31 nitrogen and oxygen atoms in total. The highest BCUT2D eigenvalue weighted by molar-refractivity contribution is 6.02. The van der Waals surface area contributed by atoms with Crippen LogP contribution in [0.25, 0.3) is 0 Å². The van der Waals surface area contributed by atoms with Crippen LogP contribution in [0.3, 0.4) is 0 Å². The number of hydrogen-bond donors (Lipinski definition) is 10. The maximum absolute atomic E-state index is 15.0. The lowest BCUT2D eigenvalue weighted by Gasteiger charge is -2.56. The minimum Gasteiger partial charge on any atom is -0.508 e. The minimum absolute atomic E-state index is 0.0163. The van der Waals surface area contributed by atoms with Gasteiger partial charge in [-0.3, -0.25) is 58.3 Å². The van der Waals surface area contributed by atoms with Gasteiger partial charge in [0.15, 0.2) is 5.78 Å². The quantitative estimate of drug-likeness (QED) is 0.0112. The van der Waals surface area contributed by atoms with Gasteiger partial charge in [-0.25, -0.2) is 0 Å². The van der Waals surface area contributed by atoms with Crippen molar-refractivity contribution in [2.24, 2.45) is 34.5 Å². The molecular weight excluding hydrogens is 1710 g/mol. The van der Waals surface area contributed by atoms with Gasteiger partial charge < -0.3 is 90.0 Å². The second-order valence-corrected chi connectivity index (χ2v) is 38.0. The fourth-order valence-corrected chi connectivity index (χ4v) is 20.6. The molecule has 2 fully saturated rings. The van der Waals surface area contributed by atoms with E-state index in [1.165, 1.54) is 5.56 Å². The second-order valence-electron chi connectivity index (χ2n) is 38.0. The van der Waals surface area contributed by atoms with Gasteiger partial charge in [-0.15, -0.1) is 5.53 Å². The lowest BCUT2D eigenvalue weighted by Crippen LogP contribution is -2.60. The number of anilines is 2. The third kappa shape index (κ3) is 29.4. The first-order valence-corrected chi connectivity index (χ1v) is 49.0. The molecule has 7 aliphatic rings. The summed E-state index contributed by atoms with van der Waals surface area (Å²) in [4.78, 5) is 140. The molecule has 31 heteroatoms. The number of hydrazine groups is 2. The fraction of sp³-hybridized carbons (Fsp3) is 0.631. The lowest BCUT2D eigenvalue weighted by molar-refractivity contribution is -0.150. The van der Waals surface area contributed by atoms with Crippen LogP contribution >= 0.6 is 0 Å². The number of phenols is 1. The molecule has 1 unspecified atom stereocenters. The van der Waals surface area contributed by atoms with E-state index in [2.05, 4.69) is 73.9 Å². The summed E-state index contributed by atoms with van der Waals surface area (Å²) in [6.45, 7) is 22.8. The fourth-order valence-electron chi connectivity index (χ4n) is 20.6. The number of ether oxygens (including phenoxy) is 9. The van der Waals surface area contributed by atoms with Gasteiger partial charge >= 0.3 is 0 Å². The molecule has 2 aliphatic heterocycles. The van der Waals surface area contributed by atoms with Crippen molar-refractivity contribution in [2.45, 2.75) is 245 Å². The lowest BCUT2D eigenvalue weighted by atomic mass is 9.49. The Hall–Kier alpha value is -9.72. The number of aryl methyl sites for hydroxylation is 2. The molecule has 9 amide bonds. The highest BCUT2D eigenvalue weighted by Gasteiger charge is 2.59. The Kier molecular flexibility index (Phi) is 41.1. The zero-order valence-corrected chi connectivity index (χ0v) is 80.2. The molecule has 2 heterocycles. The summed E-state index contributed by atoms with van der Waals surface area (Å²) in [7, 11) is 0. The van der Waals surface area contributed by atoms with E-state index in [0.717, 1.165) is 122 Å². The van der Waals surface area contributed by atoms with Crippen molar-refractivity contribution in [3.63, 3.8) is 0 Å². The van der Waals surface area contributed by atoms with Crippen LogP contribution in [0.5, 0.6) is 5.75 Å². The van der Waals surface area contributed by atoms with Crippen LogP contribution in [0.1, 0.15) is 236 Å². The van der Waals surface area contributed by atoms with Crippen molar-refractivity contribution in [1.29, 1.82) is 0 Å². The Balaban J connectivity index is 0.611. The summed E-state index contributed by atoms with van der Waals surface area (Å²) in [5, 5.41) is 33.2. The number of nitrogens with zero attached hydrogens (tertiary/aromatic N) is 2. The van der Waals surface area contributed by atoms with Gasteiger partial charge in [0.1, 0.15) is 24.5 Å². The predicted octanol–water partition coefficient (Wildman–Crippen LogP) is 10.4. The van der Waals surface area contributed by atoms with Gasteiger partial charge in [0.05, 0.1) is 153 Å². The molecule has 0 spiro atoms. The molecule has 0 saturated heterocycles. The average Bonchev–Trinajstić information content (AvgIpc) is 0.794. The highest BCUT2D eigenvalue weighted by atomic mass is 16.6. The third-order valence-electron chi connectivity index (χ3n) is 28.0. The molecule has 0 bridgehead atoms. The van der Waals surface area contributed by atoms with Gasteiger partial charge in [0.2, 0.25) is 53.2 Å². The molecule has 2 saturated carbocycles. The van der Waals surface area contributed by atoms with E-state index in [4.69, 9.17) is 42.6 Å². The molecule has 734 valence electrons. The van der Waals surface area contributed by atoms with E-state index in [0.29, 0.717) is 135 Å². The summed E-state index contributed by atoms with van der Waals surface area (Å²) in [6, 6.07) is 24.7. The van der Waals surface area contributed by atoms with Crippen LogP contribution in [-0.2, 0) is 121 Å². The molecular formula is C103H147N11O20. The summed E-state index contributed by atoms with van der Waals surface area (Å²) >= 11 is 0. The van der Waals surface area contributed by atoms with E-state index in [1.807, 2.05) is 118 Å². The third-order valence-corrected chi connectivity index (χ3v) is 28.0. The Morgan fingerprint density at radius 2 is 1.08 bits per heavy atom. The van der Waals surface area contributed by atoms with Crippen LogP contribution in [0.15, 0.2) is 96.3 Å². The number of rotatable bonds is 54. The molecule has 11 rings (SSSR count). The number of para-hydroxylation sites is 1. The number of allylic oxidation sites excluding steroid dienone is 1. The van der Waals surface area contributed by atoms with Crippen molar-refractivity contribution in [3.8, 4) is 17.6 Å². The number of nitrogens with one attached hydrogen (secondary N) is 9. The summed E-state index contributed by atoms with van der Waals surface area (Å²) in [5.74, 6) is 2.26. The number of unbranched alkanes of at least 4 members (excludes halogenated alkanes) is 1. The first-order valence-electron chi connectivity index (χ1n) is 49.0. The van der Waals surface area contributed by atoms with E-state index in [-0.39, 0.29) is 174 Å². The first kappa shape index (κ1) is 105. The number of phenolic OH excluding ortho intramolecular Hbond substituents is 1. The number of ketones is 1. The van der Waals surface area contributed by atoms with Crippen molar-refractivity contribution >= 4 is 70.3 Å². The van der Waals surface area contributed by atoms with E-state index in [9.17, 15) is 53.1 Å². The predicted molar refractivity (Wildman–Crippen MR) is 507 cm³/mol. The number of imide groups is 1. The largest absolute Gasteiger partial charge is 0.508 e. The van der Waals surface area contributed by atoms with Crippen molar-refractivity contribution in [3.05, 3.63) is 135 Å². The van der Waals surface area contributed by atoms with E-state index in [1.54, 1.807) is 17.9 Å². The number of carbonyl (C=O) groups excluding carboxylic acids is 10. The smallest absolute Gasteiger partial charge is 0.246 e. The number of carbonyl (C=O) groups is 10. The van der Waals surface area contributed by atoms with Gasteiger partial charge in [0.25, 0.3) is 0 Å². The maximum Gasteiger partial charge on any atom is 0.246 e. The molecule has 10 atom stereocenters. The topological polar surface area (TPSA) is 389 Å². The van der Waals surface area contributed by atoms with E-state index >= 15 is 0 Å². The Morgan fingerprint density at radius 1 is 0.522 bits per heavy atom. The maximum atomic E-state index is 15.0. The first-order chi connectivity index (χ1) is 64.7. The number of Topliss-reactive ketones (excluding diaryl/α,β-unsaturated/α-hetero) is 1. The summed E-state index contributed by atoms with van der Waals surface area (Å²) in [5.41, 5.74) is 14.4. The number of amides is 9. The number of fused-ring (bicyclic) bond motifs is 8. The number of aromatic hydroxyl groups is 1. The molecule has 134 heavy (non-hydrogen) atoms. The van der Waals surface area contributed by atoms with Crippen molar-refractivity contribution < 1.29 is 95.7 Å². The normalized spacial score (nSPS) is 21.7.